The predicted molar refractivity (Wildman–Crippen MR) is 85.2 cm³/mol. The van der Waals surface area contributed by atoms with Crippen LogP contribution in [0.5, 0.6) is 0 Å². The lowest BCUT2D eigenvalue weighted by Crippen LogP contribution is -2.26. The molecule has 1 aromatic heterocycles. The molecule has 0 unspecified atom stereocenters. The van der Waals surface area contributed by atoms with E-state index in [0.29, 0.717) is 12.1 Å². The van der Waals surface area contributed by atoms with Gasteiger partial charge in [0.2, 0.25) is 10.0 Å². The summed E-state index contributed by atoms with van der Waals surface area (Å²) in [6, 6.07) is 5.94. The van der Waals surface area contributed by atoms with Gasteiger partial charge in [0.1, 0.15) is 5.01 Å². The van der Waals surface area contributed by atoms with Gasteiger partial charge in [-0.2, -0.15) is 0 Å². The van der Waals surface area contributed by atoms with Gasteiger partial charge in [0, 0.05) is 38.3 Å². The molecule has 0 aliphatic heterocycles. The quantitative estimate of drug-likeness (QED) is 0.831. The third-order valence-electron chi connectivity index (χ3n) is 3.08. The number of thiazole rings is 1. The van der Waals surface area contributed by atoms with Crippen molar-refractivity contribution in [1.29, 1.82) is 0 Å². The molecule has 6 nitrogen and oxygen atoms in total. The molecule has 2 rings (SSSR count). The second-order valence-corrected chi connectivity index (χ2v) is 8.03. The van der Waals surface area contributed by atoms with Crippen molar-refractivity contribution >= 4 is 27.3 Å². The minimum atomic E-state index is -3.48. The molecule has 0 saturated carbocycles. The second kappa shape index (κ2) is 6.55. The van der Waals surface area contributed by atoms with Crippen molar-refractivity contribution in [3.8, 4) is 0 Å². The highest BCUT2D eigenvalue weighted by Crippen LogP contribution is 2.16. The van der Waals surface area contributed by atoms with Crippen LogP contribution in [0.3, 0.4) is 0 Å². The number of aromatic nitrogens is 1. The molecular formula is C14H17N3O3S2. The van der Waals surface area contributed by atoms with Gasteiger partial charge in [0.05, 0.1) is 11.4 Å². The second-order valence-electron chi connectivity index (χ2n) is 4.90. The molecule has 0 fully saturated rings. The minimum absolute atomic E-state index is 0.164. The number of carbonyl (C=O) groups is 1. The minimum Gasteiger partial charge on any atom is -0.335 e. The van der Waals surface area contributed by atoms with E-state index in [-0.39, 0.29) is 10.8 Å². The van der Waals surface area contributed by atoms with Crippen LogP contribution in [-0.2, 0) is 16.6 Å². The van der Waals surface area contributed by atoms with Crippen LogP contribution in [0, 0.1) is 0 Å². The first kappa shape index (κ1) is 16.6. The number of rotatable bonds is 5. The molecule has 118 valence electrons. The Labute approximate surface area is 134 Å². The summed E-state index contributed by atoms with van der Waals surface area (Å²) in [5, 5.41) is 2.71. The largest absolute Gasteiger partial charge is 0.335 e. The van der Waals surface area contributed by atoms with Gasteiger partial charge in [-0.3, -0.25) is 4.79 Å². The zero-order chi connectivity index (χ0) is 16.3. The van der Waals surface area contributed by atoms with E-state index in [1.807, 2.05) is 5.38 Å². The summed E-state index contributed by atoms with van der Waals surface area (Å²) in [7, 11) is 1.15. The Kier molecular flexibility index (Phi) is 4.94. The summed E-state index contributed by atoms with van der Waals surface area (Å²) in [5.41, 5.74) is 0.441. The highest BCUT2D eigenvalue weighted by atomic mass is 32.2. The number of amides is 1. The molecule has 0 saturated heterocycles. The van der Waals surface area contributed by atoms with Gasteiger partial charge >= 0.3 is 0 Å². The predicted octanol–water partition coefficient (Wildman–Crippen LogP) is 1.67. The van der Waals surface area contributed by atoms with E-state index in [4.69, 9.17) is 0 Å². The topological polar surface area (TPSA) is 70.6 Å². The Morgan fingerprint density at radius 1 is 1.18 bits per heavy atom. The molecule has 0 bridgehead atoms. The number of hydrogen-bond donors (Lipinski definition) is 0. The molecule has 1 amide bonds. The third kappa shape index (κ3) is 3.52. The van der Waals surface area contributed by atoms with Crippen LogP contribution in [-0.4, -0.2) is 49.7 Å². The average Bonchev–Trinajstić information content (AvgIpc) is 2.99. The molecule has 2 aromatic rings. The lowest BCUT2D eigenvalue weighted by molar-refractivity contribution is 0.0785. The smallest absolute Gasteiger partial charge is 0.253 e. The van der Waals surface area contributed by atoms with E-state index in [2.05, 4.69) is 4.98 Å². The van der Waals surface area contributed by atoms with Gasteiger partial charge < -0.3 is 4.90 Å². The van der Waals surface area contributed by atoms with E-state index in [1.54, 1.807) is 18.1 Å². The lowest BCUT2D eigenvalue weighted by atomic mass is 10.2. The van der Waals surface area contributed by atoms with Gasteiger partial charge in [-0.05, 0) is 24.3 Å². The zero-order valence-electron chi connectivity index (χ0n) is 12.6. The number of nitrogens with zero attached hydrogens (tertiary/aromatic N) is 3. The summed E-state index contributed by atoms with van der Waals surface area (Å²) in [6.45, 7) is 0.425. The van der Waals surface area contributed by atoms with Crippen LogP contribution < -0.4 is 0 Å². The molecule has 0 aliphatic rings. The van der Waals surface area contributed by atoms with Crippen molar-refractivity contribution in [2.24, 2.45) is 0 Å². The molecular weight excluding hydrogens is 322 g/mol. The first-order valence-corrected chi connectivity index (χ1v) is 8.81. The lowest BCUT2D eigenvalue weighted by Gasteiger charge is -2.16. The summed E-state index contributed by atoms with van der Waals surface area (Å²) < 4.78 is 25.1. The van der Waals surface area contributed by atoms with Crippen LogP contribution in [0.15, 0.2) is 40.7 Å². The monoisotopic (exact) mass is 339 g/mol. The van der Waals surface area contributed by atoms with Crippen LogP contribution in [0.25, 0.3) is 0 Å². The van der Waals surface area contributed by atoms with Crippen molar-refractivity contribution in [3.63, 3.8) is 0 Å². The summed E-state index contributed by atoms with van der Waals surface area (Å²) in [4.78, 5) is 18.2. The fourth-order valence-corrected chi connectivity index (χ4v) is 3.38. The van der Waals surface area contributed by atoms with Gasteiger partial charge in [-0.25, -0.2) is 17.7 Å². The maximum Gasteiger partial charge on any atom is 0.253 e. The highest BCUT2D eigenvalue weighted by molar-refractivity contribution is 7.89. The van der Waals surface area contributed by atoms with E-state index < -0.39 is 10.0 Å². The molecule has 0 N–H and O–H groups in total. The van der Waals surface area contributed by atoms with Crippen LogP contribution in [0.2, 0.25) is 0 Å². The van der Waals surface area contributed by atoms with Crippen LogP contribution in [0.4, 0.5) is 0 Å². The Balaban J connectivity index is 2.14. The van der Waals surface area contributed by atoms with Crippen molar-refractivity contribution < 1.29 is 13.2 Å². The fraction of sp³-hybridized carbons (Fsp3) is 0.286. The normalized spacial score (nSPS) is 11.6. The SMILES string of the molecule is CN(Cc1nccs1)C(=O)c1ccc(S(=O)(=O)N(C)C)cc1. The molecule has 0 spiro atoms. The molecule has 1 heterocycles. The zero-order valence-corrected chi connectivity index (χ0v) is 14.2. The highest BCUT2D eigenvalue weighted by Gasteiger charge is 2.18. The van der Waals surface area contributed by atoms with Gasteiger partial charge in [-0.1, -0.05) is 0 Å². The molecule has 22 heavy (non-hydrogen) atoms. The van der Waals surface area contributed by atoms with Crippen molar-refractivity contribution in [2.75, 3.05) is 21.1 Å². The Morgan fingerprint density at radius 3 is 2.32 bits per heavy atom. The third-order valence-corrected chi connectivity index (χ3v) is 5.68. The van der Waals surface area contributed by atoms with Gasteiger partial charge in [0.25, 0.3) is 5.91 Å². The molecule has 8 heteroatoms. The fourth-order valence-electron chi connectivity index (χ4n) is 1.81. The van der Waals surface area contributed by atoms with Gasteiger partial charge in [0.15, 0.2) is 0 Å². The maximum absolute atomic E-state index is 12.3. The maximum atomic E-state index is 12.3. The van der Waals surface area contributed by atoms with Crippen molar-refractivity contribution in [1.82, 2.24) is 14.2 Å². The number of carbonyl (C=O) groups excluding carboxylic acids is 1. The molecule has 1 aromatic carbocycles. The molecule has 0 radical (unpaired) electrons. The standard InChI is InChI=1S/C14H17N3O3S2/c1-16(2)22(19,20)12-6-4-11(5-7-12)14(18)17(3)10-13-15-8-9-21-13/h4-9H,10H2,1-3H3. The Morgan fingerprint density at radius 2 is 1.82 bits per heavy atom. The van der Waals surface area contributed by atoms with Crippen molar-refractivity contribution in [3.05, 3.63) is 46.4 Å². The van der Waals surface area contributed by atoms with Gasteiger partial charge in [-0.15, -0.1) is 11.3 Å². The van der Waals surface area contributed by atoms with E-state index in [9.17, 15) is 13.2 Å². The van der Waals surface area contributed by atoms with E-state index >= 15 is 0 Å². The van der Waals surface area contributed by atoms with Crippen LogP contribution >= 0.6 is 11.3 Å². The van der Waals surface area contributed by atoms with Crippen LogP contribution in [0.1, 0.15) is 15.4 Å². The Hall–Kier alpha value is -1.77. The number of sulfonamides is 1. The first-order valence-electron chi connectivity index (χ1n) is 6.49. The van der Waals surface area contributed by atoms with Crippen molar-refractivity contribution in [2.45, 2.75) is 11.4 Å². The van der Waals surface area contributed by atoms with E-state index in [0.717, 1.165) is 9.31 Å². The summed E-state index contributed by atoms with van der Waals surface area (Å²) in [6.07, 6.45) is 1.69. The molecule has 0 aliphatic carbocycles. The summed E-state index contributed by atoms with van der Waals surface area (Å²) >= 11 is 1.48. The molecule has 0 atom stereocenters. The van der Waals surface area contributed by atoms with E-state index in [1.165, 1.54) is 49.7 Å². The first-order chi connectivity index (χ1) is 10.3. The number of benzene rings is 1. The summed E-state index contributed by atoms with van der Waals surface area (Å²) in [5.74, 6) is -0.177. The number of hydrogen-bond acceptors (Lipinski definition) is 5. The average molecular weight is 339 g/mol. The Bertz CT molecular complexity index is 738.